The summed E-state index contributed by atoms with van der Waals surface area (Å²) in [4.78, 5) is 0. The lowest BCUT2D eigenvalue weighted by molar-refractivity contribution is -0.0612. The zero-order valence-corrected chi connectivity index (χ0v) is 12.5. The van der Waals surface area contributed by atoms with Crippen molar-refractivity contribution >= 4 is 0 Å². The lowest BCUT2D eigenvalue weighted by atomic mass is 10.1. The van der Waals surface area contributed by atoms with Crippen LogP contribution >= 0.6 is 0 Å². The molecule has 0 aliphatic carbocycles. The van der Waals surface area contributed by atoms with Crippen LogP contribution in [-0.2, 0) is 22.3 Å². The Morgan fingerprint density at radius 1 is 0.952 bits per heavy atom. The third kappa shape index (κ3) is 4.16. The molecule has 0 saturated carbocycles. The summed E-state index contributed by atoms with van der Waals surface area (Å²) < 4.78 is 11.7. The van der Waals surface area contributed by atoms with Crippen molar-refractivity contribution in [1.82, 2.24) is 0 Å². The fourth-order valence-electron chi connectivity index (χ4n) is 2.68. The second-order valence-corrected chi connectivity index (χ2v) is 5.73. The minimum Gasteiger partial charge on any atom is -0.350 e. The van der Waals surface area contributed by atoms with Crippen LogP contribution in [0.15, 0.2) is 54.6 Å². The van der Waals surface area contributed by atoms with Crippen LogP contribution in [-0.4, -0.2) is 19.0 Å². The number of ether oxygens (including phenoxy) is 2. The van der Waals surface area contributed by atoms with E-state index in [4.69, 9.17) is 9.47 Å². The van der Waals surface area contributed by atoms with Crippen LogP contribution in [0.5, 0.6) is 0 Å². The van der Waals surface area contributed by atoms with Crippen molar-refractivity contribution in [1.29, 1.82) is 0 Å². The van der Waals surface area contributed by atoms with E-state index in [2.05, 4.69) is 55.5 Å². The highest BCUT2D eigenvalue weighted by molar-refractivity contribution is 5.21. The van der Waals surface area contributed by atoms with Crippen LogP contribution in [0.4, 0.5) is 0 Å². The van der Waals surface area contributed by atoms with Crippen LogP contribution in [0.3, 0.4) is 0 Å². The van der Waals surface area contributed by atoms with Gasteiger partial charge >= 0.3 is 0 Å². The van der Waals surface area contributed by atoms with Crippen LogP contribution in [0, 0.1) is 6.92 Å². The van der Waals surface area contributed by atoms with Gasteiger partial charge in [-0.2, -0.15) is 0 Å². The van der Waals surface area contributed by atoms with Crippen molar-refractivity contribution in [3.8, 4) is 0 Å². The average Bonchev–Trinajstić information content (AvgIpc) is 2.95. The molecule has 2 aromatic carbocycles. The summed E-state index contributed by atoms with van der Waals surface area (Å²) in [5, 5.41) is 0. The molecule has 2 heteroatoms. The summed E-state index contributed by atoms with van der Waals surface area (Å²) in [7, 11) is 0. The van der Waals surface area contributed by atoms with Gasteiger partial charge in [-0.15, -0.1) is 0 Å². The molecule has 1 heterocycles. The van der Waals surface area contributed by atoms with Crippen LogP contribution in [0.1, 0.15) is 23.1 Å². The maximum Gasteiger partial charge on any atom is 0.158 e. The first-order chi connectivity index (χ1) is 10.3. The highest BCUT2D eigenvalue weighted by atomic mass is 16.7. The van der Waals surface area contributed by atoms with E-state index in [9.17, 15) is 0 Å². The summed E-state index contributed by atoms with van der Waals surface area (Å²) in [6, 6.07) is 19.1. The molecule has 2 atom stereocenters. The molecular weight excluding hydrogens is 260 g/mol. The largest absolute Gasteiger partial charge is 0.350 e. The first-order valence-corrected chi connectivity index (χ1v) is 7.66. The Labute approximate surface area is 126 Å². The van der Waals surface area contributed by atoms with E-state index in [1.807, 2.05) is 6.07 Å². The standard InChI is InChI=1S/C19H22O2/c1-15-7-9-16(10-8-15)11-12-19-20-14-18(21-19)13-17-5-3-2-4-6-17/h2-10,18-19H,11-14H2,1H3. The molecular formula is C19H22O2. The quantitative estimate of drug-likeness (QED) is 0.827. The van der Waals surface area contributed by atoms with Gasteiger partial charge in [-0.05, 0) is 24.5 Å². The van der Waals surface area contributed by atoms with Crippen molar-refractivity contribution in [2.45, 2.75) is 38.6 Å². The van der Waals surface area contributed by atoms with Gasteiger partial charge in [-0.3, -0.25) is 0 Å². The molecule has 0 amide bonds. The molecule has 2 unspecified atom stereocenters. The smallest absolute Gasteiger partial charge is 0.158 e. The molecule has 0 bridgehead atoms. The molecule has 2 aromatic rings. The third-order valence-electron chi connectivity index (χ3n) is 3.91. The van der Waals surface area contributed by atoms with Gasteiger partial charge in [-0.1, -0.05) is 60.2 Å². The Bertz CT molecular complexity index is 548. The Morgan fingerprint density at radius 3 is 2.48 bits per heavy atom. The minimum absolute atomic E-state index is 0.0555. The van der Waals surface area contributed by atoms with E-state index >= 15 is 0 Å². The summed E-state index contributed by atoms with van der Waals surface area (Å²) in [6.07, 6.45) is 3.00. The summed E-state index contributed by atoms with van der Waals surface area (Å²) >= 11 is 0. The lowest BCUT2D eigenvalue weighted by Gasteiger charge is -2.11. The number of hydrogen-bond donors (Lipinski definition) is 0. The Hall–Kier alpha value is -1.64. The van der Waals surface area contributed by atoms with Crippen LogP contribution in [0.25, 0.3) is 0 Å². The van der Waals surface area contributed by atoms with Gasteiger partial charge in [0.15, 0.2) is 6.29 Å². The Kier molecular flexibility index (Phi) is 4.69. The predicted molar refractivity (Wildman–Crippen MR) is 84.3 cm³/mol. The first-order valence-electron chi connectivity index (χ1n) is 7.66. The molecule has 21 heavy (non-hydrogen) atoms. The molecule has 0 aromatic heterocycles. The van der Waals surface area contributed by atoms with E-state index in [1.54, 1.807) is 0 Å². The van der Waals surface area contributed by atoms with Crippen molar-refractivity contribution in [2.75, 3.05) is 6.61 Å². The molecule has 1 aliphatic heterocycles. The Morgan fingerprint density at radius 2 is 1.71 bits per heavy atom. The maximum atomic E-state index is 5.99. The van der Waals surface area contributed by atoms with E-state index in [0.717, 1.165) is 19.3 Å². The molecule has 3 rings (SSSR count). The number of aryl methyl sites for hydroxylation is 2. The van der Waals surface area contributed by atoms with Gasteiger partial charge in [0.25, 0.3) is 0 Å². The van der Waals surface area contributed by atoms with Gasteiger partial charge < -0.3 is 9.47 Å². The number of rotatable bonds is 5. The van der Waals surface area contributed by atoms with E-state index < -0.39 is 0 Å². The normalized spacial score (nSPS) is 21.6. The first kappa shape index (κ1) is 14.3. The molecule has 0 N–H and O–H groups in total. The molecule has 1 saturated heterocycles. The topological polar surface area (TPSA) is 18.5 Å². The third-order valence-corrected chi connectivity index (χ3v) is 3.91. The van der Waals surface area contributed by atoms with Crippen LogP contribution < -0.4 is 0 Å². The molecule has 0 spiro atoms. The molecule has 1 fully saturated rings. The molecule has 0 radical (unpaired) electrons. The second-order valence-electron chi connectivity index (χ2n) is 5.73. The monoisotopic (exact) mass is 282 g/mol. The Balaban J connectivity index is 1.45. The maximum absolute atomic E-state index is 5.99. The van der Waals surface area contributed by atoms with E-state index in [-0.39, 0.29) is 12.4 Å². The van der Waals surface area contributed by atoms with Crippen LogP contribution in [0.2, 0.25) is 0 Å². The minimum atomic E-state index is -0.0555. The highest BCUT2D eigenvalue weighted by Gasteiger charge is 2.25. The second kappa shape index (κ2) is 6.88. The van der Waals surface area contributed by atoms with Crippen molar-refractivity contribution in [2.24, 2.45) is 0 Å². The molecule has 110 valence electrons. The number of hydrogen-bond acceptors (Lipinski definition) is 2. The zero-order valence-electron chi connectivity index (χ0n) is 12.5. The van der Waals surface area contributed by atoms with Gasteiger partial charge in [-0.25, -0.2) is 0 Å². The highest BCUT2D eigenvalue weighted by Crippen LogP contribution is 2.20. The van der Waals surface area contributed by atoms with Gasteiger partial charge in [0, 0.05) is 12.8 Å². The lowest BCUT2D eigenvalue weighted by Crippen LogP contribution is -2.15. The van der Waals surface area contributed by atoms with E-state index in [0.29, 0.717) is 6.61 Å². The number of benzene rings is 2. The fraction of sp³-hybridized carbons (Fsp3) is 0.368. The summed E-state index contributed by atoms with van der Waals surface area (Å²) in [5.41, 5.74) is 3.96. The molecule has 2 nitrogen and oxygen atoms in total. The van der Waals surface area contributed by atoms with Gasteiger partial charge in [0.1, 0.15) is 0 Å². The predicted octanol–water partition coefficient (Wildman–Crippen LogP) is 3.91. The fourth-order valence-corrected chi connectivity index (χ4v) is 2.68. The van der Waals surface area contributed by atoms with Crippen molar-refractivity contribution < 1.29 is 9.47 Å². The van der Waals surface area contributed by atoms with Gasteiger partial charge in [0.2, 0.25) is 0 Å². The molecule has 1 aliphatic rings. The van der Waals surface area contributed by atoms with Gasteiger partial charge in [0.05, 0.1) is 12.7 Å². The zero-order chi connectivity index (χ0) is 14.5. The summed E-state index contributed by atoms with van der Waals surface area (Å²) in [6.45, 7) is 2.81. The SMILES string of the molecule is Cc1ccc(CCC2OCC(Cc3ccccc3)O2)cc1. The summed E-state index contributed by atoms with van der Waals surface area (Å²) in [5.74, 6) is 0. The van der Waals surface area contributed by atoms with E-state index in [1.165, 1.54) is 16.7 Å². The van der Waals surface area contributed by atoms with Crippen molar-refractivity contribution in [3.05, 3.63) is 71.3 Å². The van der Waals surface area contributed by atoms with Crippen molar-refractivity contribution in [3.63, 3.8) is 0 Å². The average molecular weight is 282 g/mol.